The van der Waals surface area contributed by atoms with Crippen LogP contribution in [0.3, 0.4) is 0 Å². The quantitative estimate of drug-likeness (QED) is 0.804. The summed E-state index contributed by atoms with van der Waals surface area (Å²) < 4.78 is 4.87. The molecule has 0 aliphatic carbocycles. The fourth-order valence-corrected chi connectivity index (χ4v) is 2.40. The number of hydrogen-bond donors (Lipinski definition) is 2. The third kappa shape index (κ3) is 5.70. The SMILES string of the molecule is Cc1cc(NC(=O)C(C)NC(=O)CCCc2cccc(Cl)c2)no1. The van der Waals surface area contributed by atoms with Crippen LogP contribution in [0.1, 0.15) is 31.1 Å². The van der Waals surface area contributed by atoms with Gasteiger partial charge in [0.1, 0.15) is 11.8 Å². The molecule has 1 heterocycles. The normalized spacial score (nSPS) is 11.8. The van der Waals surface area contributed by atoms with Crippen molar-refractivity contribution in [2.75, 3.05) is 5.32 Å². The second-order valence-electron chi connectivity index (χ2n) is 5.58. The van der Waals surface area contributed by atoms with Crippen LogP contribution in [0.15, 0.2) is 34.9 Å². The van der Waals surface area contributed by atoms with Crippen molar-refractivity contribution in [1.82, 2.24) is 10.5 Å². The zero-order valence-corrected chi connectivity index (χ0v) is 14.4. The Morgan fingerprint density at radius 2 is 2.12 bits per heavy atom. The van der Waals surface area contributed by atoms with Crippen LogP contribution in [0.2, 0.25) is 5.02 Å². The fraction of sp³-hybridized carbons (Fsp3) is 0.353. The van der Waals surface area contributed by atoms with Crippen LogP contribution < -0.4 is 10.6 Å². The van der Waals surface area contributed by atoms with E-state index in [1.54, 1.807) is 19.9 Å². The minimum atomic E-state index is -0.652. The number of amides is 2. The third-order valence-electron chi connectivity index (χ3n) is 3.41. The first-order valence-corrected chi connectivity index (χ1v) is 8.10. The molecular formula is C17H20ClN3O3. The molecule has 0 aliphatic heterocycles. The molecule has 0 radical (unpaired) electrons. The molecule has 0 saturated carbocycles. The first-order chi connectivity index (χ1) is 11.4. The lowest BCUT2D eigenvalue weighted by Gasteiger charge is -2.12. The van der Waals surface area contributed by atoms with Crippen molar-refractivity contribution in [3.63, 3.8) is 0 Å². The Balaban J connectivity index is 1.72. The summed E-state index contributed by atoms with van der Waals surface area (Å²) in [7, 11) is 0. The van der Waals surface area contributed by atoms with E-state index in [1.165, 1.54) is 0 Å². The first kappa shape index (κ1) is 18.0. The number of carbonyl (C=O) groups excluding carboxylic acids is 2. The summed E-state index contributed by atoms with van der Waals surface area (Å²) >= 11 is 5.92. The summed E-state index contributed by atoms with van der Waals surface area (Å²) in [5.74, 6) is 0.421. The Hall–Kier alpha value is -2.34. The van der Waals surface area contributed by atoms with Crippen LogP contribution in [-0.4, -0.2) is 23.0 Å². The maximum Gasteiger partial charge on any atom is 0.247 e. The van der Waals surface area contributed by atoms with Crippen molar-refractivity contribution in [3.8, 4) is 0 Å². The van der Waals surface area contributed by atoms with Crippen molar-refractivity contribution in [3.05, 3.63) is 46.7 Å². The average molecular weight is 350 g/mol. The second-order valence-corrected chi connectivity index (χ2v) is 6.02. The second kappa shape index (κ2) is 8.49. The smallest absolute Gasteiger partial charge is 0.247 e. The van der Waals surface area contributed by atoms with Crippen LogP contribution >= 0.6 is 11.6 Å². The largest absolute Gasteiger partial charge is 0.360 e. The number of halogens is 1. The van der Waals surface area contributed by atoms with Gasteiger partial charge in [-0.05, 0) is 44.4 Å². The Kier molecular flexibility index (Phi) is 6.37. The Morgan fingerprint density at radius 1 is 1.33 bits per heavy atom. The predicted octanol–water partition coefficient (Wildman–Crippen LogP) is 3.10. The van der Waals surface area contributed by atoms with Crippen LogP contribution in [-0.2, 0) is 16.0 Å². The molecule has 0 fully saturated rings. The molecule has 0 spiro atoms. The Bertz CT molecular complexity index is 715. The summed E-state index contributed by atoms with van der Waals surface area (Å²) in [6.45, 7) is 3.35. The highest BCUT2D eigenvalue weighted by Gasteiger charge is 2.16. The van der Waals surface area contributed by atoms with Gasteiger partial charge >= 0.3 is 0 Å². The molecule has 1 aromatic carbocycles. The number of nitrogens with one attached hydrogen (secondary N) is 2. The van der Waals surface area contributed by atoms with Gasteiger partial charge in [-0.15, -0.1) is 0 Å². The highest BCUT2D eigenvalue weighted by Crippen LogP contribution is 2.13. The van der Waals surface area contributed by atoms with Gasteiger partial charge in [0.15, 0.2) is 5.82 Å². The summed E-state index contributed by atoms with van der Waals surface area (Å²) in [4.78, 5) is 23.9. The number of aryl methyl sites for hydroxylation is 2. The van der Waals surface area contributed by atoms with Crippen molar-refractivity contribution >= 4 is 29.2 Å². The molecule has 6 nitrogen and oxygen atoms in total. The number of hydrogen-bond acceptors (Lipinski definition) is 4. The van der Waals surface area contributed by atoms with E-state index in [9.17, 15) is 9.59 Å². The van der Waals surface area contributed by atoms with Crippen LogP contribution in [0.4, 0.5) is 5.82 Å². The third-order valence-corrected chi connectivity index (χ3v) is 3.64. The van der Waals surface area contributed by atoms with Crippen molar-refractivity contribution in [1.29, 1.82) is 0 Å². The molecule has 0 aliphatic rings. The van der Waals surface area contributed by atoms with E-state index >= 15 is 0 Å². The van der Waals surface area contributed by atoms with Gasteiger partial charge in [0, 0.05) is 17.5 Å². The maximum atomic E-state index is 12.0. The van der Waals surface area contributed by atoms with Gasteiger partial charge in [0.05, 0.1) is 0 Å². The summed E-state index contributed by atoms with van der Waals surface area (Å²) in [5.41, 5.74) is 1.09. The number of nitrogens with zero attached hydrogens (tertiary/aromatic N) is 1. The van der Waals surface area contributed by atoms with E-state index in [2.05, 4.69) is 15.8 Å². The molecule has 2 rings (SSSR count). The molecule has 1 aromatic heterocycles. The number of benzene rings is 1. The Morgan fingerprint density at radius 3 is 2.79 bits per heavy atom. The number of carbonyl (C=O) groups is 2. The number of aromatic nitrogens is 1. The molecular weight excluding hydrogens is 330 g/mol. The molecule has 0 bridgehead atoms. The van der Waals surface area contributed by atoms with Gasteiger partial charge in [0.25, 0.3) is 0 Å². The molecule has 24 heavy (non-hydrogen) atoms. The van der Waals surface area contributed by atoms with Crippen LogP contribution in [0.25, 0.3) is 0 Å². The van der Waals surface area contributed by atoms with Crippen molar-refractivity contribution < 1.29 is 14.1 Å². The monoisotopic (exact) mass is 349 g/mol. The van der Waals surface area contributed by atoms with Crippen molar-refractivity contribution in [2.24, 2.45) is 0 Å². The summed E-state index contributed by atoms with van der Waals surface area (Å²) in [5, 5.41) is 9.61. The van der Waals surface area contributed by atoms with Gasteiger partial charge in [-0.1, -0.05) is 28.9 Å². The molecule has 2 aromatic rings. The van der Waals surface area contributed by atoms with Gasteiger partial charge in [-0.2, -0.15) is 0 Å². The standard InChI is InChI=1S/C17H20ClN3O3/c1-11-9-15(21-24-11)20-17(23)12(2)19-16(22)8-4-6-13-5-3-7-14(18)10-13/h3,5,7,9-10,12H,4,6,8H2,1-2H3,(H,19,22)(H,20,21,23). The van der Waals surface area contributed by atoms with Gasteiger partial charge in [-0.3, -0.25) is 9.59 Å². The predicted molar refractivity (Wildman–Crippen MR) is 91.9 cm³/mol. The summed E-state index contributed by atoms with van der Waals surface area (Å²) in [6.07, 6.45) is 1.78. The van der Waals surface area contributed by atoms with E-state index in [0.717, 1.165) is 12.0 Å². The summed E-state index contributed by atoms with van der Waals surface area (Å²) in [6, 6.07) is 8.51. The van der Waals surface area contributed by atoms with Gasteiger partial charge in [-0.25, -0.2) is 0 Å². The van der Waals surface area contributed by atoms with Gasteiger partial charge in [0.2, 0.25) is 11.8 Å². The maximum absolute atomic E-state index is 12.0. The van der Waals surface area contributed by atoms with E-state index in [4.69, 9.17) is 16.1 Å². The van der Waals surface area contributed by atoms with E-state index in [-0.39, 0.29) is 11.8 Å². The van der Waals surface area contributed by atoms with Crippen LogP contribution in [0.5, 0.6) is 0 Å². The minimum Gasteiger partial charge on any atom is -0.360 e. The molecule has 1 unspecified atom stereocenters. The van der Waals surface area contributed by atoms with E-state index < -0.39 is 6.04 Å². The fourth-order valence-electron chi connectivity index (χ4n) is 2.18. The molecule has 2 N–H and O–H groups in total. The van der Waals surface area contributed by atoms with E-state index in [1.807, 2.05) is 24.3 Å². The molecule has 1 atom stereocenters. The molecule has 0 saturated heterocycles. The van der Waals surface area contributed by atoms with Crippen molar-refractivity contribution in [2.45, 2.75) is 39.2 Å². The number of anilines is 1. The lowest BCUT2D eigenvalue weighted by atomic mass is 10.1. The highest BCUT2D eigenvalue weighted by molar-refractivity contribution is 6.30. The highest BCUT2D eigenvalue weighted by atomic mass is 35.5. The minimum absolute atomic E-state index is 0.170. The first-order valence-electron chi connectivity index (χ1n) is 7.72. The zero-order valence-electron chi connectivity index (χ0n) is 13.6. The van der Waals surface area contributed by atoms with Crippen LogP contribution in [0, 0.1) is 6.92 Å². The lowest BCUT2D eigenvalue weighted by Crippen LogP contribution is -2.41. The zero-order chi connectivity index (χ0) is 17.5. The molecule has 2 amide bonds. The topological polar surface area (TPSA) is 84.2 Å². The van der Waals surface area contributed by atoms with Gasteiger partial charge < -0.3 is 15.2 Å². The average Bonchev–Trinajstić information content (AvgIpc) is 2.92. The Labute approximate surface area is 145 Å². The molecule has 7 heteroatoms. The van der Waals surface area contributed by atoms with E-state index in [0.29, 0.717) is 29.4 Å². The number of rotatable bonds is 7. The lowest BCUT2D eigenvalue weighted by molar-refractivity contribution is -0.126. The molecule has 128 valence electrons.